The van der Waals surface area contributed by atoms with E-state index < -0.39 is 24.2 Å². The summed E-state index contributed by atoms with van der Waals surface area (Å²) in [5.41, 5.74) is -1.29. The molecule has 4 aliphatic rings. The van der Waals surface area contributed by atoms with Crippen molar-refractivity contribution in [2.45, 2.75) is 37.4 Å². The minimum atomic E-state index is -4.48. The standard InChI is InChI=1S/C19H24ClF3N6O2/c20-11-7-12-13(9-26-15(12)25-8-11)16-24-4-1-14(28-16)29-18(2-5-31-6-3-18)17(30)27-10-19(21,22)23/h8,12-13H,1-7,9-10H2,(H,25,26)(H,27,30)(H,24,28,29). The maximum atomic E-state index is 12.7. The fraction of sp³-hybridized carbons (Fsp3) is 0.684. The van der Waals surface area contributed by atoms with Crippen molar-refractivity contribution in [1.82, 2.24) is 16.0 Å². The van der Waals surface area contributed by atoms with E-state index in [0.717, 1.165) is 11.7 Å². The zero-order valence-electron chi connectivity index (χ0n) is 16.8. The Bertz CT molecular complexity index is 848. The third kappa shape index (κ3) is 5.03. The highest BCUT2D eigenvalue weighted by molar-refractivity contribution is 6.30. The first-order valence-electron chi connectivity index (χ1n) is 10.2. The minimum Gasteiger partial charge on any atom is -0.381 e. The van der Waals surface area contributed by atoms with E-state index in [1.807, 2.05) is 5.32 Å². The average Bonchev–Trinajstić information content (AvgIpc) is 3.15. The van der Waals surface area contributed by atoms with Gasteiger partial charge in [-0.25, -0.2) is 0 Å². The molecule has 2 atom stereocenters. The van der Waals surface area contributed by atoms with Crippen molar-refractivity contribution in [3.05, 3.63) is 11.2 Å². The Morgan fingerprint density at radius 2 is 2.06 bits per heavy atom. The van der Waals surface area contributed by atoms with Gasteiger partial charge in [-0.3, -0.25) is 19.8 Å². The van der Waals surface area contributed by atoms with Gasteiger partial charge in [0.15, 0.2) is 0 Å². The number of alkyl halides is 3. The molecule has 0 aromatic heterocycles. The van der Waals surface area contributed by atoms with Crippen molar-refractivity contribution in [3.63, 3.8) is 0 Å². The Labute approximate surface area is 182 Å². The molecule has 4 aliphatic heterocycles. The lowest BCUT2D eigenvalue weighted by Crippen LogP contribution is -2.53. The summed E-state index contributed by atoms with van der Waals surface area (Å²) in [5.74, 6) is 1.49. The topological polar surface area (TPSA) is 99.5 Å². The van der Waals surface area contributed by atoms with E-state index in [-0.39, 0.29) is 37.9 Å². The normalized spacial score (nSPS) is 29.2. The molecule has 8 nitrogen and oxygen atoms in total. The van der Waals surface area contributed by atoms with E-state index in [0.29, 0.717) is 36.8 Å². The Balaban J connectivity index is 1.50. The molecule has 2 unspecified atom stereocenters. The van der Waals surface area contributed by atoms with Crippen LogP contribution in [0.25, 0.3) is 0 Å². The van der Waals surface area contributed by atoms with Gasteiger partial charge in [0.25, 0.3) is 0 Å². The molecular weight excluding hydrogens is 437 g/mol. The van der Waals surface area contributed by atoms with Crippen molar-refractivity contribution in [2.24, 2.45) is 26.8 Å². The number of hydrogen-bond acceptors (Lipinski definition) is 6. The SMILES string of the molecule is O=C(NCC(F)(F)F)C1(N=C2CCN=C(C3CN=C4NC=C(Cl)CC43)N2)CCOCC1. The fourth-order valence-electron chi connectivity index (χ4n) is 4.25. The maximum Gasteiger partial charge on any atom is 0.405 e. The van der Waals surface area contributed by atoms with E-state index in [1.165, 1.54) is 0 Å². The molecule has 0 aromatic carbocycles. The second-order valence-electron chi connectivity index (χ2n) is 8.02. The molecule has 0 saturated carbocycles. The lowest BCUT2D eigenvalue weighted by Gasteiger charge is -2.34. The molecular formula is C19H24ClF3N6O2. The zero-order valence-corrected chi connectivity index (χ0v) is 17.5. The number of rotatable bonds is 4. The monoisotopic (exact) mass is 460 g/mol. The summed E-state index contributed by atoms with van der Waals surface area (Å²) in [5, 5.41) is 9.05. The van der Waals surface area contributed by atoms with Crippen LogP contribution >= 0.6 is 11.6 Å². The van der Waals surface area contributed by atoms with Gasteiger partial charge in [-0.2, -0.15) is 13.2 Å². The number of carbonyl (C=O) groups excluding carboxylic acids is 1. The van der Waals surface area contributed by atoms with Crippen LogP contribution < -0.4 is 16.0 Å². The third-order valence-corrected chi connectivity index (χ3v) is 6.15. The van der Waals surface area contributed by atoms with Crippen LogP contribution in [0.3, 0.4) is 0 Å². The third-order valence-electron chi connectivity index (χ3n) is 5.88. The van der Waals surface area contributed by atoms with Gasteiger partial charge in [-0.15, -0.1) is 0 Å². The van der Waals surface area contributed by atoms with Crippen molar-refractivity contribution in [2.75, 3.05) is 32.8 Å². The lowest BCUT2D eigenvalue weighted by atomic mass is 9.87. The van der Waals surface area contributed by atoms with Crippen LogP contribution in [0, 0.1) is 11.8 Å². The molecule has 1 amide bonds. The van der Waals surface area contributed by atoms with Gasteiger partial charge in [-0.05, 0) is 6.42 Å². The summed E-state index contributed by atoms with van der Waals surface area (Å²) in [6, 6.07) is 0. The molecule has 0 radical (unpaired) electrons. The molecule has 170 valence electrons. The van der Waals surface area contributed by atoms with E-state index in [4.69, 9.17) is 16.3 Å². The average molecular weight is 461 g/mol. The smallest absolute Gasteiger partial charge is 0.381 e. The van der Waals surface area contributed by atoms with Crippen molar-refractivity contribution in [1.29, 1.82) is 0 Å². The molecule has 1 fully saturated rings. The Morgan fingerprint density at radius 1 is 1.29 bits per heavy atom. The number of allylic oxidation sites excluding steroid dienone is 1. The van der Waals surface area contributed by atoms with E-state index >= 15 is 0 Å². The van der Waals surface area contributed by atoms with Gasteiger partial charge in [0, 0.05) is 62.1 Å². The number of amides is 1. The van der Waals surface area contributed by atoms with Crippen LogP contribution in [0.4, 0.5) is 13.2 Å². The number of amidine groups is 3. The number of hydrogen-bond donors (Lipinski definition) is 3. The Hall–Kier alpha value is -2.14. The van der Waals surface area contributed by atoms with Crippen LogP contribution in [0.1, 0.15) is 25.7 Å². The second-order valence-corrected chi connectivity index (χ2v) is 8.51. The predicted octanol–water partition coefficient (Wildman–Crippen LogP) is 1.72. The van der Waals surface area contributed by atoms with E-state index in [2.05, 4.69) is 25.6 Å². The molecule has 0 aromatic rings. The first-order chi connectivity index (χ1) is 14.8. The Kier molecular flexibility index (Phi) is 6.25. The van der Waals surface area contributed by atoms with Crippen LogP contribution in [-0.4, -0.2) is 68.0 Å². The maximum absolute atomic E-state index is 12.7. The number of halogens is 4. The van der Waals surface area contributed by atoms with Gasteiger partial charge in [-0.1, -0.05) is 11.6 Å². The van der Waals surface area contributed by atoms with Gasteiger partial charge in [0.05, 0.1) is 6.54 Å². The first-order valence-corrected chi connectivity index (χ1v) is 10.6. The van der Waals surface area contributed by atoms with Crippen LogP contribution in [-0.2, 0) is 9.53 Å². The molecule has 0 spiro atoms. The van der Waals surface area contributed by atoms with Crippen LogP contribution in [0.15, 0.2) is 26.2 Å². The molecule has 0 aliphatic carbocycles. The van der Waals surface area contributed by atoms with Crippen molar-refractivity contribution < 1.29 is 22.7 Å². The van der Waals surface area contributed by atoms with Crippen LogP contribution in [0.2, 0.25) is 0 Å². The van der Waals surface area contributed by atoms with Gasteiger partial charge < -0.3 is 20.7 Å². The van der Waals surface area contributed by atoms with E-state index in [9.17, 15) is 18.0 Å². The highest BCUT2D eigenvalue weighted by Crippen LogP contribution is 2.32. The molecule has 4 rings (SSSR count). The van der Waals surface area contributed by atoms with E-state index in [1.54, 1.807) is 6.20 Å². The lowest BCUT2D eigenvalue weighted by molar-refractivity contribution is -0.143. The molecule has 3 N–H and O–H groups in total. The van der Waals surface area contributed by atoms with Crippen molar-refractivity contribution in [3.8, 4) is 0 Å². The predicted molar refractivity (Wildman–Crippen MR) is 110 cm³/mol. The summed E-state index contributed by atoms with van der Waals surface area (Å²) in [4.78, 5) is 26.5. The summed E-state index contributed by atoms with van der Waals surface area (Å²) in [6.45, 7) is 0.165. The largest absolute Gasteiger partial charge is 0.405 e. The Morgan fingerprint density at radius 3 is 2.81 bits per heavy atom. The highest BCUT2D eigenvalue weighted by atomic mass is 35.5. The highest BCUT2D eigenvalue weighted by Gasteiger charge is 2.43. The second kappa shape index (κ2) is 8.78. The summed E-state index contributed by atoms with van der Waals surface area (Å²) >= 11 is 6.18. The molecule has 12 heteroatoms. The van der Waals surface area contributed by atoms with Crippen molar-refractivity contribution >= 4 is 35.0 Å². The van der Waals surface area contributed by atoms with Gasteiger partial charge >= 0.3 is 6.18 Å². The summed E-state index contributed by atoms with van der Waals surface area (Å²) in [7, 11) is 0. The zero-order chi connectivity index (χ0) is 22.1. The summed E-state index contributed by atoms with van der Waals surface area (Å²) in [6.07, 6.45) is -1.18. The fourth-order valence-corrected chi connectivity index (χ4v) is 4.47. The number of nitrogens with one attached hydrogen (secondary N) is 3. The quantitative estimate of drug-likeness (QED) is 0.595. The summed E-state index contributed by atoms with van der Waals surface area (Å²) < 4.78 is 43.2. The number of nitrogens with zero attached hydrogens (tertiary/aromatic N) is 3. The first kappa shape index (κ1) is 22.1. The van der Waals surface area contributed by atoms with Gasteiger partial charge in [0.2, 0.25) is 5.91 Å². The molecule has 31 heavy (non-hydrogen) atoms. The van der Waals surface area contributed by atoms with Crippen LogP contribution in [0.5, 0.6) is 0 Å². The number of fused-ring (bicyclic) bond motifs is 1. The molecule has 4 heterocycles. The molecule has 0 bridgehead atoms. The number of aliphatic imine (C=N–C) groups is 3. The minimum absolute atomic E-state index is 0.000134. The number of ether oxygens (including phenoxy) is 1. The molecule has 1 saturated heterocycles. The number of carbonyl (C=O) groups is 1. The van der Waals surface area contributed by atoms with Gasteiger partial charge in [0.1, 0.15) is 29.6 Å².